The number of para-hydroxylation sites is 2. The van der Waals surface area contributed by atoms with Crippen LogP contribution in [0.25, 0.3) is 110 Å². The molecule has 0 aliphatic heterocycles. The molecule has 11 aromatic rings. The van der Waals surface area contributed by atoms with E-state index in [1.165, 1.54) is 91.7 Å². The molecule has 268 valence electrons. The second-order valence-electron chi connectivity index (χ2n) is 16.2. The van der Waals surface area contributed by atoms with Crippen LogP contribution in [-0.4, -0.2) is 0 Å². The Hall–Kier alpha value is -6.90. The standard InChI is InChI=1S/C55H36O2/c1-4-20-47-43(14-1)54-44(19-11-21-48(54)55(47)28-7-8-29-55)53-41-17-9-15-35(33-24-26-39-37-12-2-5-22-49(37)56-51(39)30-33)45(41)32-46-36(16-10-18-42(46)53)34-25-27-40-38-13-3-6-23-50(38)57-52(40)31-34/h1-6,9-27,30-32H,7-8,28-29H2. The maximum absolute atomic E-state index is 6.44. The first-order chi connectivity index (χ1) is 28.2. The third kappa shape index (κ3) is 4.30. The minimum Gasteiger partial charge on any atom is -0.456 e. The molecule has 0 radical (unpaired) electrons. The summed E-state index contributed by atoms with van der Waals surface area (Å²) >= 11 is 0. The van der Waals surface area contributed by atoms with E-state index in [1.54, 1.807) is 0 Å². The monoisotopic (exact) mass is 728 g/mol. The summed E-state index contributed by atoms with van der Waals surface area (Å²) in [5.74, 6) is 0. The zero-order valence-electron chi connectivity index (χ0n) is 31.3. The Morgan fingerprint density at radius 2 is 0.789 bits per heavy atom. The maximum Gasteiger partial charge on any atom is 0.136 e. The molecule has 9 aromatic carbocycles. The van der Waals surface area contributed by atoms with Gasteiger partial charge in [-0.2, -0.15) is 0 Å². The van der Waals surface area contributed by atoms with Gasteiger partial charge in [0.05, 0.1) is 0 Å². The topological polar surface area (TPSA) is 26.3 Å². The third-order valence-electron chi connectivity index (χ3n) is 13.4. The van der Waals surface area contributed by atoms with Crippen molar-refractivity contribution in [1.82, 2.24) is 0 Å². The van der Waals surface area contributed by atoms with Gasteiger partial charge in [-0.15, -0.1) is 0 Å². The average Bonchev–Trinajstić information content (AvgIpc) is 4.05. The SMILES string of the molecule is c1ccc2c(c1)-c1c(-c3c4cccc(-c5ccc6c(c5)oc5ccccc56)c4cc4c(-c5ccc6c(c5)oc5ccccc56)cccc34)cccc1C21CCCC1. The van der Waals surface area contributed by atoms with E-state index in [0.717, 1.165) is 55.0 Å². The Bertz CT molecular complexity index is 3310. The van der Waals surface area contributed by atoms with E-state index in [0.29, 0.717) is 0 Å². The van der Waals surface area contributed by atoms with Gasteiger partial charge in [-0.25, -0.2) is 0 Å². The van der Waals surface area contributed by atoms with Gasteiger partial charge in [0.25, 0.3) is 0 Å². The smallest absolute Gasteiger partial charge is 0.136 e. The molecule has 0 amide bonds. The van der Waals surface area contributed by atoms with Crippen LogP contribution in [0.15, 0.2) is 179 Å². The molecule has 57 heavy (non-hydrogen) atoms. The maximum atomic E-state index is 6.44. The van der Waals surface area contributed by atoms with Crippen molar-refractivity contribution in [3.8, 4) is 44.5 Å². The fourth-order valence-electron chi connectivity index (χ4n) is 11.0. The molecule has 2 aliphatic rings. The molecule has 2 aliphatic carbocycles. The van der Waals surface area contributed by atoms with Crippen molar-refractivity contribution in [3.63, 3.8) is 0 Å². The van der Waals surface area contributed by atoms with Crippen LogP contribution < -0.4 is 0 Å². The van der Waals surface area contributed by atoms with Crippen LogP contribution in [-0.2, 0) is 5.41 Å². The average molecular weight is 729 g/mol. The number of furan rings is 2. The summed E-state index contributed by atoms with van der Waals surface area (Å²) in [6, 6.07) is 62.7. The van der Waals surface area contributed by atoms with E-state index >= 15 is 0 Å². The van der Waals surface area contributed by atoms with E-state index in [1.807, 2.05) is 12.1 Å². The lowest BCUT2D eigenvalue weighted by Gasteiger charge is -2.27. The van der Waals surface area contributed by atoms with Gasteiger partial charge in [0.15, 0.2) is 0 Å². The van der Waals surface area contributed by atoms with Gasteiger partial charge in [0.1, 0.15) is 22.3 Å². The van der Waals surface area contributed by atoms with Gasteiger partial charge in [-0.3, -0.25) is 0 Å². The summed E-state index contributed by atoms with van der Waals surface area (Å²) in [7, 11) is 0. The first kappa shape index (κ1) is 31.3. The molecule has 13 rings (SSSR count). The molecule has 1 spiro atoms. The zero-order valence-corrected chi connectivity index (χ0v) is 31.3. The molecule has 0 N–H and O–H groups in total. The minimum absolute atomic E-state index is 0.0859. The van der Waals surface area contributed by atoms with Crippen molar-refractivity contribution in [2.75, 3.05) is 0 Å². The summed E-state index contributed by atoms with van der Waals surface area (Å²) < 4.78 is 12.9. The van der Waals surface area contributed by atoms with Gasteiger partial charge in [0.2, 0.25) is 0 Å². The number of hydrogen-bond acceptors (Lipinski definition) is 2. The predicted molar refractivity (Wildman–Crippen MR) is 237 cm³/mol. The molecule has 1 fully saturated rings. The number of rotatable bonds is 3. The summed E-state index contributed by atoms with van der Waals surface area (Å²) in [5, 5.41) is 9.55. The van der Waals surface area contributed by atoms with E-state index in [4.69, 9.17) is 8.83 Å². The molecular weight excluding hydrogens is 693 g/mol. The Morgan fingerprint density at radius 1 is 0.316 bits per heavy atom. The first-order valence-electron chi connectivity index (χ1n) is 20.3. The highest BCUT2D eigenvalue weighted by Gasteiger charge is 2.45. The normalized spacial score (nSPS) is 14.5. The van der Waals surface area contributed by atoms with Crippen LogP contribution in [0.2, 0.25) is 0 Å². The van der Waals surface area contributed by atoms with Crippen molar-refractivity contribution in [1.29, 1.82) is 0 Å². The Balaban J connectivity index is 1.13. The van der Waals surface area contributed by atoms with E-state index in [9.17, 15) is 0 Å². The Kier molecular flexibility index (Phi) is 6.36. The Morgan fingerprint density at radius 3 is 1.42 bits per heavy atom. The molecule has 2 heterocycles. The zero-order chi connectivity index (χ0) is 37.2. The number of benzene rings is 9. The Labute approximate surface area is 329 Å². The van der Waals surface area contributed by atoms with Gasteiger partial charge in [0, 0.05) is 27.0 Å². The van der Waals surface area contributed by atoms with Crippen LogP contribution >= 0.6 is 0 Å². The third-order valence-corrected chi connectivity index (χ3v) is 13.4. The second kappa shape index (κ2) is 11.6. The summed E-state index contributed by atoms with van der Waals surface area (Å²) in [4.78, 5) is 0. The van der Waals surface area contributed by atoms with E-state index < -0.39 is 0 Å². The summed E-state index contributed by atoms with van der Waals surface area (Å²) in [6.45, 7) is 0. The largest absolute Gasteiger partial charge is 0.456 e. The summed E-state index contributed by atoms with van der Waals surface area (Å²) in [6.07, 6.45) is 4.96. The van der Waals surface area contributed by atoms with Crippen LogP contribution in [0, 0.1) is 0 Å². The molecule has 2 heteroatoms. The van der Waals surface area contributed by atoms with Crippen molar-refractivity contribution in [2.24, 2.45) is 0 Å². The molecule has 0 bridgehead atoms. The molecule has 0 atom stereocenters. The van der Waals surface area contributed by atoms with Gasteiger partial charge >= 0.3 is 0 Å². The molecule has 0 unspecified atom stereocenters. The highest BCUT2D eigenvalue weighted by Crippen LogP contribution is 2.60. The second-order valence-corrected chi connectivity index (χ2v) is 16.2. The number of fused-ring (bicyclic) bond motifs is 13. The van der Waals surface area contributed by atoms with Crippen LogP contribution in [0.4, 0.5) is 0 Å². The lowest BCUT2D eigenvalue weighted by molar-refractivity contribution is 0.550. The predicted octanol–water partition coefficient (Wildman–Crippen LogP) is 15.6. The van der Waals surface area contributed by atoms with Crippen LogP contribution in [0.3, 0.4) is 0 Å². The quantitative estimate of drug-likeness (QED) is 0.169. The van der Waals surface area contributed by atoms with Crippen molar-refractivity contribution in [3.05, 3.63) is 181 Å². The molecule has 1 saturated carbocycles. The highest BCUT2D eigenvalue weighted by molar-refractivity contribution is 6.21. The van der Waals surface area contributed by atoms with E-state index in [2.05, 4.69) is 158 Å². The lowest BCUT2D eigenvalue weighted by atomic mass is 9.76. The van der Waals surface area contributed by atoms with Crippen molar-refractivity contribution in [2.45, 2.75) is 31.1 Å². The highest BCUT2D eigenvalue weighted by atomic mass is 16.3. The first-order valence-corrected chi connectivity index (χ1v) is 20.3. The lowest BCUT2D eigenvalue weighted by Crippen LogP contribution is -2.20. The van der Waals surface area contributed by atoms with E-state index in [-0.39, 0.29) is 5.41 Å². The van der Waals surface area contributed by atoms with Crippen molar-refractivity contribution < 1.29 is 8.83 Å². The number of hydrogen-bond donors (Lipinski definition) is 0. The van der Waals surface area contributed by atoms with Crippen LogP contribution in [0.5, 0.6) is 0 Å². The van der Waals surface area contributed by atoms with Gasteiger partial charge in [-0.05, 0) is 132 Å². The molecule has 2 aromatic heterocycles. The van der Waals surface area contributed by atoms with Crippen LogP contribution in [0.1, 0.15) is 36.8 Å². The molecule has 0 saturated heterocycles. The summed E-state index contributed by atoms with van der Waals surface area (Å²) in [5.41, 5.74) is 16.8. The van der Waals surface area contributed by atoms with Gasteiger partial charge in [-0.1, -0.05) is 140 Å². The fraction of sp³-hybridized carbons (Fsp3) is 0.0909. The minimum atomic E-state index is 0.0859. The fourth-order valence-corrected chi connectivity index (χ4v) is 11.0. The van der Waals surface area contributed by atoms with Crippen molar-refractivity contribution >= 4 is 65.4 Å². The molecular formula is C55H36O2. The van der Waals surface area contributed by atoms with Gasteiger partial charge < -0.3 is 8.83 Å². The molecule has 2 nitrogen and oxygen atoms in total.